The third-order valence-electron chi connectivity index (χ3n) is 5.11. The molecule has 35 heavy (non-hydrogen) atoms. The molecule has 2 aromatic carbocycles. The van der Waals surface area contributed by atoms with Crippen molar-refractivity contribution in [2.24, 2.45) is 5.10 Å². The fourth-order valence-electron chi connectivity index (χ4n) is 3.53. The molecule has 1 amide bonds. The molecule has 0 spiro atoms. The van der Waals surface area contributed by atoms with E-state index in [9.17, 15) is 13.2 Å². The highest BCUT2D eigenvalue weighted by Crippen LogP contribution is 2.32. The molecule has 0 bridgehead atoms. The summed E-state index contributed by atoms with van der Waals surface area (Å²) in [7, 11) is -2.44. The Balaban J connectivity index is 1.80. The highest BCUT2D eigenvalue weighted by Gasteiger charge is 2.24. The number of aromatic nitrogens is 1. The fraction of sp³-hybridized carbons (Fsp3) is 0.217. The molecule has 12 heteroatoms. The lowest BCUT2D eigenvalue weighted by Crippen LogP contribution is -2.39. The molecule has 1 heterocycles. The number of carbonyl (C=O) groups excluding carboxylic acids is 1. The number of carbonyl (C=O) groups is 1. The molecule has 0 aliphatic rings. The summed E-state index contributed by atoms with van der Waals surface area (Å²) >= 11 is 18.4. The van der Waals surface area contributed by atoms with Gasteiger partial charge in [0.2, 0.25) is 10.0 Å². The monoisotopic (exact) mass is 556 g/mol. The highest BCUT2D eigenvalue weighted by molar-refractivity contribution is 7.92. The van der Waals surface area contributed by atoms with Crippen LogP contribution < -0.4 is 14.5 Å². The van der Waals surface area contributed by atoms with Gasteiger partial charge in [0.25, 0.3) is 5.91 Å². The molecule has 3 rings (SSSR count). The van der Waals surface area contributed by atoms with E-state index in [1.807, 2.05) is 30.5 Å². The molecule has 1 N–H and O–H groups in total. The summed E-state index contributed by atoms with van der Waals surface area (Å²) in [6.07, 6.45) is 2.46. The molecule has 186 valence electrons. The summed E-state index contributed by atoms with van der Waals surface area (Å²) in [5.41, 5.74) is 5.75. The van der Waals surface area contributed by atoms with Crippen molar-refractivity contribution in [3.8, 4) is 11.4 Å². The Morgan fingerprint density at radius 2 is 1.77 bits per heavy atom. The molecule has 0 unspecified atom stereocenters. The lowest BCUT2D eigenvalue weighted by Gasteiger charge is -2.23. The third-order valence-corrected chi connectivity index (χ3v) is 7.01. The van der Waals surface area contributed by atoms with Crippen LogP contribution in [0.4, 0.5) is 5.69 Å². The van der Waals surface area contributed by atoms with Gasteiger partial charge in [-0.1, -0.05) is 34.8 Å². The molecule has 0 atom stereocenters. The van der Waals surface area contributed by atoms with Crippen molar-refractivity contribution in [2.45, 2.75) is 13.8 Å². The Labute approximate surface area is 219 Å². The molecule has 0 radical (unpaired) electrons. The lowest BCUT2D eigenvalue weighted by atomic mass is 10.2. The first-order chi connectivity index (χ1) is 16.4. The average molecular weight is 558 g/mol. The maximum absolute atomic E-state index is 12.6. The second kappa shape index (κ2) is 10.9. The van der Waals surface area contributed by atoms with Crippen molar-refractivity contribution in [2.75, 3.05) is 24.2 Å². The van der Waals surface area contributed by atoms with Crippen LogP contribution in [0.5, 0.6) is 5.75 Å². The van der Waals surface area contributed by atoms with Crippen molar-refractivity contribution in [3.63, 3.8) is 0 Å². The second-order valence-corrected chi connectivity index (χ2v) is 10.8. The first-order valence-electron chi connectivity index (χ1n) is 10.2. The smallest absolute Gasteiger partial charge is 0.260 e. The first-order valence-corrected chi connectivity index (χ1v) is 13.2. The molecule has 0 fully saturated rings. The molecule has 0 aliphatic heterocycles. The summed E-state index contributed by atoms with van der Waals surface area (Å²) in [5, 5.41) is 5.33. The summed E-state index contributed by atoms with van der Waals surface area (Å²) in [5.74, 6) is -0.396. The van der Waals surface area contributed by atoms with Crippen LogP contribution in [0.3, 0.4) is 0 Å². The van der Waals surface area contributed by atoms with E-state index < -0.39 is 22.5 Å². The Hall–Kier alpha value is -2.72. The van der Waals surface area contributed by atoms with Gasteiger partial charge in [0.1, 0.15) is 12.3 Å². The van der Waals surface area contributed by atoms with Gasteiger partial charge in [-0.3, -0.25) is 9.10 Å². The van der Waals surface area contributed by atoms with Crippen LogP contribution in [0.2, 0.25) is 15.1 Å². The number of hydrogen-bond donors (Lipinski definition) is 1. The Morgan fingerprint density at radius 1 is 1.11 bits per heavy atom. The van der Waals surface area contributed by atoms with Gasteiger partial charge in [0.05, 0.1) is 36.0 Å². The molecule has 8 nitrogen and oxygen atoms in total. The van der Waals surface area contributed by atoms with Gasteiger partial charge in [0, 0.05) is 27.0 Å². The first kappa shape index (κ1) is 26.9. The van der Waals surface area contributed by atoms with Crippen LogP contribution >= 0.6 is 34.8 Å². The minimum atomic E-state index is -3.83. The predicted octanol–water partition coefficient (Wildman–Crippen LogP) is 4.98. The van der Waals surface area contributed by atoms with E-state index in [1.54, 1.807) is 18.2 Å². The number of methoxy groups -OCH3 is 1. The normalized spacial score (nSPS) is 11.6. The van der Waals surface area contributed by atoms with E-state index in [0.29, 0.717) is 15.1 Å². The number of aryl methyl sites for hydroxylation is 1. The van der Waals surface area contributed by atoms with Crippen LogP contribution in [0.25, 0.3) is 5.69 Å². The summed E-state index contributed by atoms with van der Waals surface area (Å²) in [6.45, 7) is 3.28. The van der Waals surface area contributed by atoms with Crippen molar-refractivity contribution >= 4 is 62.6 Å². The van der Waals surface area contributed by atoms with Crippen LogP contribution in [-0.2, 0) is 14.8 Å². The second-order valence-electron chi connectivity index (χ2n) is 7.64. The predicted molar refractivity (Wildman–Crippen MR) is 141 cm³/mol. The zero-order chi connectivity index (χ0) is 25.9. The standard InChI is InChI=1S/C23H23Cl3N4O4S/c1-14-9-16(15(2)30(14)20-7-5-17(24)10-19(20)26)12-27-28-23(31)13-29(35(4,32)33)21-11-18(25)6-8-22(21)34-3/h5-12H,13H2,1-4H3,(H,28,31)/b27-12-. The third kappa shape index (κ3) is 6.29. The molecule has 0 saturated heterocycles. The number of amides is 1. The van der Waals surface area contributed by atoms with Crippen molar-refractivity contribution in [3.05, 3.63) is 74.5 Å². The summed E-state index contributed by atoms with van der Waals surface area (Å²) in [6, 6.07) is 11.6. The Morgan fingerprint density at radius 3 is 2.40 bits per heavy atom. The fourth-order valence-corrected chi connectivity index (χ4v) is 5.04. The zero-order valence-electron chi connectivity index (χ0n) is 19.3. The van der Waals surface area contributed by atoms with Crippen molar-refractivity contribution in [1.82, 2.24) is 9.99 Å². The molecular formula is C23H23Cl3N4O4S. The van der Waals surface area contributed by atoms with E-state index in [2.05, 4.69) is 10.5 Å². The van der Waals surface area contributed by atoms with Gasteiger partial charge < -0.3 is 9.30 Å². The van der Waals surface area contributed by atoms with Crippen LogP contribution in [0, 0.1) is 13.8 Å². The van der Waals surface area contributed by atoms with Gasteiger partial charge in [-0.15, -0.1) is 0 Å². The number of ether oxygens (including phenoxy) is 1. The summed E-state index contributed by atoms with van der Waals surface area (Å²) in [4.78, 5) is 12.6. The molecule has 1 aromatic heterocycles. The number of hydrazone groups is 1. The van der Waals surface area contributed by atoms with Crippen molar-refractivity contribution in [1.29, 1.82) is 0 Å². The lowest BCUT2D eigenvalue weighted by molar-refractivity contribution is -0.119. The maximum atomic E-state index is 12.6. The van der Waals surface area contributed by atoms with Crippen LogP contribution in [0.1, 0.15) is 17.0 Å². The minimum Gasteiger partial charge on any atom is -0.495 e. The molecule has 0 aliphatic carbocycles. The van der Waals surface area contributed by atoms with Crippen LogP contribution in [0.15, 0.2) is 47.6 Å². The number of hydrogen-bond acceptors (Lipinski definition) is 5. The largest absolute Gasteiger partial charge is 0.495 e. The molecule has 3 aromatic rings. The number of anilines is 1. The number of halogens is 3. The Bertz CT molecular complexity index is 1400. The zero-order valence-corrected chi connectivity index (χ0v) is 22.4. The highest BCUT2D eigenvalue weighted by atomic mass is 35.5. The van der Waals surface area contributed by atoms with E-state index >= 15 is 0 Å². The number of nitrogens with one attached hydrogen (secondary N) is 1. The van der Waals surface area contributed by atoms with Crippen LogP contribution in [-0.4, -0.2) is 45.0 Å². The van der Waals surface area contributed by atoms with Gasteiger partial charge in [-0.2, -0.15) is 5.10 Å². The quantitative estimate of drug-likeness (QED) is 0.312. The molecular weight excluding hydrogens is 535 g/mol. The average Bonchev–Trinajstić information content (AvgIpc) is 3.04. The van der Waals surface area contributed by atoms with Crippen molar-refractivity contribution < 1.29 is 17.9 Å². The SMILES string of the molecule is COc1ccc(Cl)cc1N(CC(=O)N/N=C\c1cc(C)n(-c2ccc(Cl)cc2Cl)c1C)S(C)(=O)=O. The van der Waals surface area contributed by atoms with E-state index in [-0.39, 0.29) is 11.4 Å². The Kier molecular flexibility index (Phi) is 8.38. The van der Waals surface area contributed by atoms with E-state index in [4.69, 9.17) is 39.5 Å². The minimum absolute atomic E-state index is 0.144. The number of benzene rings is 2. The number of sulfonamides is 1. The van der Waals surface area contributed by atoms with E-state index in [1.165, 1.54) is 25.5 Å². The molecule has 0 saturated carbocycles. The van der Waals surface area contributed by atoms with Gasteiger partial charge in [-0.25, -0.2) is 13.8 Å². The topological polar surface area (TPSA) is 93.0 Å². The summed E-state index contributed by atoms with van der Waals surface area (Å²) < 4.78 is 32.9. The number of rotatable bonds is 8. The van der Waals surface area contributed by atoms with Gasteiger partial charge >= 0.3 is 0 Å². The van der Waals surface area contributed by atoms with Gasteiger partial charge in [0.15, 0.2) is 0 Å². The maximum Gasteiger partial charge on any atom is 0.260 e. The van der Waals surface area contributed by atoms with Gasteiger partial charge in [-0.05, 0) is 56.3 Å². The van der Waals surface area contributed by atoms with E-state index in [0.717, 1.165) is 33.2 Å². The number of nitrogens with zero attached hydrogens (tertiary/aromatic N) is 3.